The third-order valence-electron chi connectivity index (χ3n) is 6.20. The van der Waals surface area contributed by atoms with Crippen LogP contribution in [0.4, 0.5) is 10.8 Å². The molecule has 0 aliphatic rings. The fourth-order valence-electron chi connectivity index (χ4n) is 4.06. The van der Waals surface area contributed by atoms with Crippen molar-refractivity contribution in [2.45, 2.75) is 17.1 Å². The first-order valence-corrected chi connectivity index (χ1v) is 15.5. The number of halogens is 1. The number of rotatable bonds is 10. The topological polar surface area (TPSA) is 113 Å². The number of nitrogens with zero attached hydrogens (tertiary/aromatic N) is 2. The Hall–Kier alpha value is -4.77. The summed E-state index contributed by atoms with van der Waals surface area (Å²) in [4.78, 5) is 40.4. The lowest BCUT2D eigenvalue weighted by Crippen LogP contribution is -2.30. The number of nitrogens with one attached hydrogen (secondary N) is 3. The molecule has 1 aromatic heterocycles. The molecule has 0 bridgehead atoms. The lowest BCUT2D eigenvalue weighted by molar-refractivity contribution is -0.116. The van der Waals surface area contributed by atoms with Crippen LogP contribution in [0.3, 0.4) is 0 Å². The summed E-state index contributed by atoms with van der Waals surface area (Å²) in [6.45, 7) is 1.82. The average molecular weight is 640 g/mol. The van der Waals surface area contributed by atoms with E-state index in [1.807, 2.05) is 49.4 Å². The molecule has 4 aromatic carbocycles. The molecule has 0 saturated carbocycles. The van der Waals surface area contributed by atoms with E-state index in [0.717, 1.165) is 15.5 Å². The monoisotopic (exact) mass is 639 g/mol. The average Bonchev–Trinajstić information content (AvgIpc) is 3.46. The van der Waals surface area contributed by atoms with Crippen molar-refractivity contribution in [3.05, 3.63) is 142 Å². The molecule has 0 fully saturated rings. The number of aromatic nitrogens is 2. The van der Waals surface area contributed by atoms with Crippen LogP contribution < -0.4 is 16.0 Å². The van der Waals surface area contributed by atoms with Crippen LogP contribution in [-0.2, 0) is 9.59 Å². The van der Waals surface area contributed by atoms with Gasteiger partial charge in [-0.05, 0) is 66.6 Å². The first-order valence-electron chi connectivity index (χ1n) is 13.4. The Morgan fingerprint density at radius 2 is 1.48 bits per heavy atom. The zero-order valence-electron chi connectivity index (χ0n) is 23.4. The highest BCUT2D eigenvalue weighted by Gasteiger charge is 2.23. The van der Waals surface area contributed by atoms with E-state index in [1.165, 1.54) is 29.2 Å². The van der Waals surface area contributed by atoms with Crippen molar-refractivity contribution >= 4 is 69.3 Å². The largest absolute Gasteiger partial charge is 0.321 e. The van der Waals surface area contributed by atoms with Gasteiger partial charge in [0.1, 0.15) is 16.0 Å². The van der Waals surface area contributed by atoms with Crippen LogP contribution in [0.5, 0.6) is 0 Å². The molecule has 0 spiro atoms. The minimum Gasteiger partial charge on any atom is -0.321 e. The van der Waals surface area contributed by atoms with Crippen LogP contribution in [0.2, 0.25) is 5.02 Å². The smallest absolute Gasteiger partial charge is 0.272 e. The van der Waals surface area contributed by atoms with E-state index in [9.17, 15) is 14.4 Å². The van der Waals surface area contributed by atoms with E-state index in [1.54, 1.807) is 66.7 Å². The number of carbonyl (C=O) groups excluding carboxylic acids is 3. The van der Waals surface area contributed by atoms with Gasteiger partial charge in [-0.3, -0.25) is 19.7 Å². The Bertz CT molecular complexity index is 1800. The highest BCUT2D eigenvalue weighted by molar-refractivity contribution is 8.00. The number of amides is 3. The Labute approximate surface area is 267 Å². The molecule has 3 amide bonds. The lowest BCUT2D eigenvalue weighted by atomic mass is 10.1. The molecule has 11 heteroatoms. The van der Waals surface area contributed by atoms with Gasteiger partial charge in [-0.25, -0.2) is 0 Å². The van der Waals surface area contributed by atoms with Gasteiger partial charge < -0.3 is 10.6 Å². The summed E-state index contributed by atoms with van der Waals surface area (Å²) >= 11 is 9.01. The summed E-state index contributed by atoms with van der Waals surface area (Å²) in [6, 6.07) is 32.2. The summed E-state index contributed by atoms with van der Waals surface area (Å²) in [7, 11) is 0. The second-order valence-corrected chi connectivity index (χ2v) is 12.2. The predicted molar refractivity (Wildman–Crippen MR) is 177 cm³/mol. The third kappa shape index (κ3) is 8.19. The third-order valence-corrected chi connectivity index (χ3v) is 8.56. The zero-order chi connectivity index (χ0) is 30.9. The molecule has 0 aliphatic carbocycles. The van der Waals surface area contributed by atoms with Gasteiger partial charge in [-0.1, -0.05) is 89.7 Å². The summed E-state index contributed by atoms with van der Waals surface area (Å²) in [5.41, 5.74) is 2.34. The number of benzene rings is 4. The first kappa shape index (κ1) is 30.7. The van der Waals surface area contributed by atoms with Gasteiger partial charge in [0.2, 0.25) is 11.0 Å². The normalized spacial score (nSPS) is 11.8. The minimum absolute atomic E-state index is 0.0260. The van der Waals surface area contributed by atoms with Crippen molar-refractivity contribution in [3.63, 3.8) is 0 Å². The van der Waals surface area contributed by atoms with Crippen LogP contribution in [0.15, 0.2) is 120 Å². The van der Waals surface area contributed by atoms with Crippen molar-refractivity contribution < 1.29 is 14.4 Å². The molecule has 1 unspecified atom stereocenters. The molecule has 8 nitrogen and oxygen atoms in total. The van der Waals surface area contributed by atoms with Gasteiger partial charge in [0.25, 0.3) is 11.8 Å². The highest BCUT2D eigenvalue weighted by Crippen LogP contribution is 2.37. The number of anilines is 2. The van der Waals surface area contributed by atoms with Crippen molar-refractivity contribution in [3.8, 4) is 0 Å². The van der Waals surface area contributed by atoms with E-state index in [4.69, 9.17) is 11.6 Å². The molecule has 5 aromatic rings. The second-order valence-electron chi connectivity index (χ2n) is 9.40. The molecule has 44 heavy (non-hydrogen) atoms. The van der Waals surface area contributed by atoms with Crippen LogP contribution in [-0.4, -0.2) is 27.9 Å². The van der Waals surface area contributed by atoms with E-state index in [2.05, 4.69) is 26.1 Å². The standard InChI is InChI=1S/C33H26ClN5O3S2/c1-21-38-39-33(43-21)37-32(42)29(22-10-4-2-5-11-22)44-26-18-16-25(17-19-26)35-31(41)28(20-24-14-8-9-15-27(24)34)36-30(40)23-12-6-3-7-13-23/h2-20,29H,1H3,(H,35,41)(H,36,40)(H,37,39,42)/b28-20-. The van der Waals surface area contributed by atoms with Crippen molar-refractivity contribution in [1.29, 1.82) is 0 Å². The van der Waals surface area contributed by atoms with Crippen LogP contribution in [0.1, 0.15) is 31.7 Å². The van der Waals surface area contributed by atoms with Crippen molar-refractivity contribution in [2.75, 3.05) is 10.6 Å². The fraction of sp³-hybridized carbons (Fsp3) is 0.0606. The first-order chi connectivity index (χ1) is 21.4. The van der Waals surface area contributed by atoms with Crippen molar-refractivity contribution in [2.24, 2.45) is 0 Å². The highest BCUT2D eigenvalue weighted by atomic mass is 35.5. The molecule has 0 aliphatic heterocycles. The molecular formula is C33H26ClN5O3S2. The summed E-state index contributed by atoms with van der Waals surface area (Å²) in [5, 5.41) is 17.5. The molecule has 1 heterocycles. The number of hydrogen-bond donors (Lipinski definition) is 3. The van der Waals surface area contributed by atoms with Crippen LogP contribution in [0, 0.1) is 6.92 Å². The molecule has 3 N–H and O–H groups in total. The summed E-state index contributed by atoms with van der Waals surface area (Å²) in [6.07, 6.45) is 1.53. The van der Waals surface area contributed by atoms with Crippen molar-refractivity contribution in [1.82, 2.24) is 15.5 Å². The van der Waals surface area contributed by atoms with E-state index in [-0.39, 0.29) is 11.6 Å². The fourth-order valence-corrected chi connectivity index (χ4v) is 5.87. The van der Waals surface area contributed by atoms with E-state index < -0.39 is 17.1 Å². The quantitative estimate of drug-likeness (QED) is 0.109. The number of hydrogen-bond acceptors (Lipinski definition) is 7. The summed E-state index contributed by atoms with van der Waals surface area (Å²) in [5.74, 6) is -1.18. The van der Waals surface area contributed by atoms with Gasteiger partial charge in [-0.2, -0.15) is 0 Å². The van der Waals surface area contributed by atoms with E-state index >= 15 is 0 Å². The van der Waals surface area contributed by atoms with Gasteiger partial charge in [0, 0.05) is 21.2 Å². The molecule has 0 radical (unpaired) electrons. The van der Waals surface area contributed by atoms with Gasteiger partial charge in [-0.15, -0.1) is 22.0 Å². The zero-order valence-corrected chi connectivity index (χ0v) is 25.7. The maximum atomic E-state index is 13.4. The Balaban J connectivity index is 1.33. The maximum absolute atomic E-state index is 13.4. The Kier molecular flexibility index (Phi) is 10.2. The van der Waals surface area contributed by atoms with Crippen LogP contribution >= 0.6 is 34.7 Å². The van der Waals surface area contributed by atoms with Gasteiger partial charge >= 0.3 is 0 Å². The Morgan fingerprint density at radius 1 is 0.818 bits per heavy atom. The molecule has 5 rings (SSSR count). The molecule has 220 valence electrons. The SMILES string of the molecule is Cc1nnc(NC(=O)C(Sc2ccc(NC(=O)/C(=C/c3ccccc3Cl)NC(=O)c3ccccc3)cc2)c2ccccc2)s1. The minimum atomic E-state index is -0.556. The molecular weight excluding hydrogens is 614 g/mol. The molecule has 0 saturated heterocycles. The Morgan fingerprint density at radius 3 is 2.14 bits per heavy atom. The van der Waals surface area contributed by atoms with Gasteiger partial charge in [0.05, 0.1) is 0 Å². The summed E-state index contributed by atoms with van der Waals surface area (Å²) < 4.78 is 0. The lowest BCUT2D eigenvalue weighted by Gasteiger charge is -2.16. The second kappa shape index (κ2) is 14.6. The number of carbonyl (C=O) groups is 3. The van der Waals surface area contributed by atoms with Crippen LogP contribution in [0.25, 0.3) is 6.08 Å². The maximum Gasteiger partial charge on any atom is 0.272 e. The molecule has 1 atom stereocenters. The number of thioether (sulfide) groups is 1. The van der Waals surface area contributed by atoms with Gasteiger partial charge in [0.15, 0.2) is 0 Å². The van der Waals surface area contributed by atoms with E-state index in [0.29, 0.717) is 27.0 Å². The predicted octanol–water partition coefficient (Wildman–Crippen LogP) is 7.38. The number of aryl methyl sites for hydroxylation is 1.